The number of nitrogens with one attached hydrogen (secondary N) is 2. The van der Waals surface area contributed by atoms with E-state index in [2.05, 4.69) is 22.5 Å². The van der Waals surface area contributed by atoms with Gasteiger partial charge in [0.25, 0.3) is 0 Å². The van der Waals surface area contributed by atoms with Crippen LogP contribution in [0.15, 0.2) is 41.8 Å². The molecule has 1 amide bonds. The van der Waals surface area contributed by atoms with Crippen molar-refractivity contribution in [2.75, 3.05) is 19.6 Å². The third kappa shape index (κ3) is 7.54. The molecule has 6 heteroatoms. The fourth-order valence-electron chi connectivity index (χ4n) is 3.18. The molecule has 1 aromatic heterocycles. The molecule has 1 saturated heterocycles. The zero-order valence-corrected chi connectivity index (χ0v) is 17.5. The predicted octanol–water partition coefficient (Wildman–Crippen LogP) is 2.70. The number of amides is 1. The van der Waals surface area contributed by atoms with Gasteiger partial charge in [0.2, 0.25) is 5.91 Å². The van der Waals surface area contributed by atoms with Crippen LogP contribution in [0.5, 0.6) is 5.75 Å². The summed E-state index contributed by atoms with van der Waals surface area (Å²) in [5.41, 5.74) is 6.91. The largest absolute Gasteiger partial charge is 0.490 e. The van der Waals surface area contributed by atoms with Gasteiger partial charge in [-0.1, -0.05) is 24.0 Å². The number of hydrogen-bond acceptors (Lipinski definition) is 5. The third-order valence-corrected chi connectivity index (χ3v) is 5.67. The molecule has 0 spiro atoms. The molecule has 0 radical (unpaired) electrons. The van der Waals surface area contributed by atoms with E-state index in [-0.39, 0.29) is 12.0 Å². The number of thiophene rings is 1. The Morgan fingerprint density at radius 2 is 2.17 bits per heavy atom. The zero-order chi connectivity index (χ0) is 20.3. The van der Waals surface area contributed by atoms with Crippen molar-refractivity contribution in [1.29, 1.82) is 0 Å². The maximum absolute atomic E-state index is 12.0. The third-order valence-electron chi connectivity index (χ3n) is 4.77. The summed E-state index contributed by atoms with van der Waals surface area (Å²) >= 11 is 1.62. The van der Waals surface area contributed by atoms with E-state index in [0.29, 0.717) is 13.0 Å². The Bertz CT molecular complexity index is 820. The summed E-state index contributed by atoms with van der Waals surface area (Å²) in [7, 11) is 0. The Labute approximate surface area is 177 Å². The minimum Gasteiger partial charge on any atom is -0.490 e. The fraction of sp³-hybridized carbons (Fsp3) is 0.435. The molecule has 0 aliphatic carbocycles. The van der Waals surface area contributed by atoms with Gasteiger partial charge < -0.3 is 21.1 Å². The van der Waals surface area contributed by atoms with E-state index in [1.165, 1.54) is 0 Å². The lowest BCUT2D eigenvalue weighted by molar-refractivity contribution is -0.122. The summed E-state index contributed by atoms with van der Waals surface area (Å²) in [6.45, 7) is 2.61. The summed E-state index contributed by atoms with van der Waals surface area (Å²) < 4.78 is 6.06. The molecule has 1 aliphatic rings. The molecule has 4 N–H and O–H groups in total. The zero-order valence-electron chi connectivity index (χ0n) is 16.7. The first-order valence-electron chi connectivity index (χ1n) is 10.2. The number of ether oxygens (including phenoxy) is 1. The van der Waals surface area contributed by atoms with Crippen LogP contribution in [0.3, 0.4) is 0 Å². The molecule has 3 rings (SSSR count). The number of unbranched alkanes of at least 4 members (excludes halogenated alkanes) is 1. The summed E-state index contributed by atoms with van der Waals surface area (Å²) in [6, 6.07) is 11.4. The van der Waals surface area contributed by atoms with Crippen molar-refractivity contribution in [3.63, 3.8) is 0 Å². The van der Waals surface area contributed by atoms with Gasteiger partial charge in [0.15, 0.2) is 0 Å². The van der Waals surface area contributed by atoms with Crippen LogP contribution in [0.2, 0.25) is 0 Å². The number of hydrogen-bond donors (Lipinski definition) is 3. The van der Waals surface area contributed by atoms with Gasteiger partial charge >= 0.3 is 0 Å². The molecule has 2 aromatic rings. The first-order chi connectivity index (χ1) is 14.2. The molecule has 1 aliphatic heterocycles. The molecule has 1 unspecified atom stereocenters. The van der Waals surface area contributed by atoms with Gasteiger partial charge in [-0.2, -0.15) is 0 Å². The Morgan fingerprint density at radius 3 is 2.97 bits per heavy atom. The van der Waals surface area contributed by atoms with E-state index in [1.54, 1.807) is 11.3 Å². The van der Waals surface area contributed by atoms with Crippen LogP contribution in [0, 0.1) is 11.8 Å². The van der Waals surface area contributed by atoms with E-state index >= 15 is 0 Å². The average Bonchev–Trinajstić information content (AvgIpc) is 3.24. The Morgan fingerprint density at radius 1 is 1.31 bits per heavy atom. The Balaban J connectivity index is 1.35. The van der Waals surface area contributed by atoms with Gasteiger partial charge in [-0.05, 0) is 62.0 Å². The van der Waals surface area contributed by atoms with Crippen molar-refractivity contribution in [3.8, 4) is 17.6 Å². The molecule has 1 aromatic carbocycles. The van der Waals surface area contributed by atoms with E-state index in [9.17, 15) is 4.79 Å². The topological polar surface area (TPSA) is 76.4 Å². The molecule has 2 heterocycles. The lowest BCUT2D eigenvalue weighted by atomic mass is 10.1. The Hall–Kier alpha value is -2.33. The quantitative estimate of drug-likeness (QED) is 0.461. The minimum absolute atomic E-state index is 0.103. The second-order valence-corrected chi connectivity index (χ2v) is 8.21. The highest BCUT2D eigenvalue weighted by atomic mass is 32.1. The number of rotatable bonds is 8. The van der Waals surface area contributed by atoms with Crippen molar-refractivity contribution in [1.82, 2.24) is 10.6 Å². The van der Waals surface area contributed by atoms with Crippen LogP contribution < -0.4 is 21.1 Å². The molecule has 0 saturated carbocycles. The van der Waals surface area contributed by atoms with Crippen LogP contribution in [-0.4, -0.2) is 37.7 Å². The van der Waals surface area contributed by atoms with Crippen molar-refractivity contribution in [3.05, 3.63) is 52.2 Å². The van der Waals surface area contributed by atoms with Gasteiger partial charge in [0, 0.05) is 29.8 Å². The molecule has 1 atom stereocenters. The smallest absolute Gasteiger partial charge is 0.237 e. The van der Waals surface area contributed by atoms with E-state index in [1.807, 2.05) is 41.8 Å². The summed E-state index contributed by atoms with van der Waals surface area (Å²) in [4.78, 5) is 13.2. The fourth-order valence-corrected chi connectivity index (χ4v) is 3.94. The predicted molar refractivity (Wildman–Crippen MR) is 118 cm³/mol. The number of carbonyl (C=O) groups is 1. The second-order valence-electron chi connectivity index (χ2n) is 7.18. The van der Waals surface area contributed by atoms with Crippen LogP contribution in [-0.2, 0) is 11.2 Å². The standard InChI is InChI=1S/C23H29N3O2S/c24-22(17-21-9-5-15-29-21)23(27)26-12-3-1-2-6-18-7-4-8-20(16-18)28-19-10-13-25-14-11-19/h4-5,7-9,15-16,19,22,25H,1,3,10-14,17,24H2,(H,26,27). The molecular formula is C23H29N3O2S. The number of nitrogens with two attached hydrogens (primary N) is 1. The van der Waals surface area contributed by atoms with Crippen molar-refractivity contribution in [2.45, 2.75) is 44.2 Å². The van der Waals surface area contributed by atoms with Gasteiger partial charge in [-0.3, -0.25) is 4.79 Å². The van der Waals surface area contributed by atoms with Gasteiger partial charge in [0.05, 0.1) is 6.04 Å². The van der Waals surface area contributed by atoms with Gasteiger partial charge in [0.1, 0.15) is 11.9 Å². The maximum Gasteiger partial charge on any atom is 0.237 e. The highest BCUT2D eigenvalue weighted by Gasteiger charge is 2.14. The van der Waals surface area contributed by atoms with Gasteiger partial charge in [-0.25, -0.2) is 0 Å². The van der Waals surface area contributed by atoms with Crippen LogP contribution >= 0.6 is 11.3 Å². The SMILES string of the molecule is NC(Cc1cccs1)C(=O)NCCCC#Cc1cccc(OC2CCNCC2)c1. The number of piperidine rings is 1. The van der Waals surface area contributed by atoms with Crippen molar-refractivity contribution in [2.24, 2.45) is 5.73 Å². The lowest BCUT2D eigenvalue weighted by Crippen LogP contribution is -2.42. The average molecular weight is 412 g/mol. The summed E-state index contributed by atoms with van der Waals surface area (Å²) in [5.74, 6) is 7.14. The summed E-state index contributed by atoms with van der Waals surface area (Å²) in [5, 5.41) is 8.23. The van der Waals surface area contributed by atoms with Crippen LogP contribution in [0.4, 0.5) is 0 Å². The first-order valence-corrected chi connectivity index (χ1v) is 11.1. The second kappa shape index (κ2) is 11.6. The van der Waals surface area contributed by atoms with Gasteiger partial charge in [-0.15, -0.1) is 11.3 Å². The minimum atomic E-state index is -0.498. The first kappa shape index (κ1) is 21.4. The molecule has 5 nitrogen and oxygen atoms in total. The van der Waals surface area contributed by atoms with Crippen LogP contribution in [0.1, 0.15) is 36.1 Å². The molecule has 154 valence electrons. The molecule has 1 fully saturated rings. The van der Waals surface area contributed by atoms with E-state index in [0.717, 1.165) is 55.0 Å². The maximum atomic E-state index is 12.0. The van der Waals surface area contributed by atoms with Crippen molar-refractivity contribution >= 4 is 17.2 Å². The number of benzene rings is 1. The molecule has 0 bridgehead atoms. The molecular weight excluding hydrogens is 382 g/mol. The summed E-state index contributed by atoms with van der Waals surface area (Å²) in [6.07, 6.45) is 4.47. The van der Waals surface area contributed by atoms with Crippen LogP contribution in [0.25, 0.3) is 0 Å². The highest BCUT2D eigenvalue weighted by molar-refractivity contribution is 7.09. The monoisotopic (exact) mass is 411 g/mol. The lowest BCUT2D eigenvalue weighted by Gasteiger charge is -2.23. The highest BCUT2D eigenvalue weighted by Crippen LogP contribution is 2.18. The number of carbonyl (C=O) groups excluding carboxylic acids is 1. The van der Waals surface area contributed by atoms with Crippen molar-refractivity contribution < 1.29 is 9.53 Å². The van der Waals surface area contributed by atoms with E-state index < -0.39 is 6.04 Å². The molecule has 29 heavy (non-hydrogen) atoms. The normalized spacial score (nSPS) is 15.2. The van der Waals surface area contributed by atoms with E-state index in [4.69, 9.17) is 10.5 Å². The Kier molecular flexibility index (Phi) is 8.57.